The van der Waals surface area contributed by atoms with Crippen LogP contribution in [0.4, 0.5) is 4.79 Å². The Morgan fingerprint density at radius 2 is 1.89 bits per heavy atom. The number of amides is 2. The normalized spacial score (nSPS) is 12.0. The molecule has 0 saturated carbocycles. The Bertz CT molecular complexity index is 819. The zero-order valence-electron chi connectivity index (χ0n) is 15.9. The van der Waals surface area contributed by atoms with Crippen LogP contribution in [0.15, 0.2) is 15.8 Å². The van der Waals surface area contributed by atoms with Crippen LogP contribution in [0, 0.1) is 6.92 Å². The van der Waals surface area contributed by atoms with E-state index in [1.165, 1.54) is 13.1 Å². The maximum absolute atomic E-state index is 12.4. The lowest BCUT2D eigenvalue weighted by atomic mass is 10.2. The summed E-state index contributed by atoms with van der Waals surface area (Å²) in [4.78, 5) is 61.1. The number of alkyl carbamates (subject to hydrolysis) is 1. The zero-order chi connectivity index (χ0) is 20.8. The van der Waals surface area contributed by atoms with Gasteiger partial charge in [-0.25, -0.2) is 9.59 Å². The SMILES string of the molecule is COC(=O)CNC(=O)[C@H](Cn1cc(C)c(=O)[nH]c1=O)NC(=O)OC(C)(C)C. The Morgan fingerprint density at radius 3 is 2.44 bits per heavy atom. The Labute approximate surface area is 155 Å². The molecule has 0 unspecified atom stereocenters. The van der Waals surface area contributed by atoms with Gasteiger partial charge in [0.2, 0.25) is 5.91 Å². The number of aromatic nitrogens is 2. The van der Waals surface area contributed by atoms with Crippen LogP contribution in [-0.2, 0) is 25.6 Å². The molecule has 0 saturated heterocycles. The first-order chi connectivity index (χ1) is 12.4. The number of methoxy groups -OCH3 is 1. The summed E-state index contributed by atoms with van der Waals surface area (Å²) in [7, 11) is 1.16. The van der Waals surface area contributed by atoms with Crippen molar-refractivity contribution in [1.29, 1.82) is 0 Å². The molecule has 11 heteroatoms. The predicted molar refractivity (Wildman–Crippen MR) is 94.2 cm³/mol. The van der Waals surface area contributed by atoms with Gasteiger partial charge in [-0.3, -0.25) is 23.9 Å². The first-order valence-electron chi connectivity index (χ1n) is 8.07. The third-order valence-electron chi connectivity index (χ3n) is 3.21. The van der Waals surface area contributed by atoms with Crippen LogP contribution in [0.5, 0.6) is 0 Å². The number of H-pyrrole nitrogens is 1. The van der Waals surface area contributed by atoms with Crippen molar-refractivity contribution in [2.45, 2.75) is 45.9 Å². The maximum Gasteiger partial charge on any atom is 0.408 e. The summed E-state index contributed by atoms with van der Waals surface area (Å²) in [5.41, 5.74) is -1.85. The fourth-order valence-electron chi connectivity index (χ4n) is 1.95. The Hall–Kier alpha value is -3.11. The fraction of sp³-hybridized carbons (Fsp3) is 0.562. The summed E-state index contributed by atoms with van der Waals surface area (Å²) < 4.78 is 10.6. The molecule has 0 bridgehead atoms. The van der Waals surface area contributed by atoms with Gasteiger partial charge in [-0.15, -0.1) is 0 Å². The topological polar surface area (TPSA) is 149 Å². The second kappa shape index (κ2) is 9.01. The summed E-state index contributed by atoms with van der Waals surface area (Å²) in [6.07, 6.45) is 0.383. The number of nitrogens with one attached hydrogen (secondary N) is 3. The van der Waals surface area contributed by atoms with Gasteiger partial charge < -0.3 is 20.1 Å². The van der Waals surface area contributed by atoms with Crippen molar-refractivity contribution in [1.82, 2.24) is 20.2 Å². The van der Waals surface area contributed by atoms with Crippen molar-refractivity contribution in [2.24, 2.45) is 0 Å². The molecule has 1 aromatic rings. The molecule has 0 spiro atoms. The van der Waals surface area contributed by atoms with Crippen LogP contribution < -0.4 is 21.9 Å². The summed E-state index contributed by atoms with van der Waals surface area (Å²) in [6, 6.07) is -1.24. The van der Waals surface area contributed by atoms with Gasteiger partial charge in [0.05, 0.1) is 13.7 Å². The molecule has 11 nitrogen and oxygen atoms in total. The average Bonchev–Trinajstić information content (AvgIpc) is 2.54. The van der Waals surface area contributed by atoms with Gasteiger partial charge in [0.25, 0.3) is 5.56 Å². The lowest BCUT2D eigenvalue weighted by Gasteiger charge is -2.23. The number of esters is 1. The van der Waals surface area contributed by atoms with Crippen molar-refractivity contribution >= 4 is 18.0 Å². The van der Waals surface area contributed by atoms with E-state index >= 15 is 0 Å². The number of carbonyl (C=O) groups is 3. The molecule has 1 aromatic heterocycles. The Balaban J connectivity index is 3.02. The molecule has 1 heterocycles. The number of hydrogen-bond acceptors (Lipinski definition) is 7. The van der Waals surface area contributed by atoms with Gasteiger partial charge in [-0.1, -0.05) is 0 Å². The molecule has 150 valence electrons. The molecule has 0 aliphatic heterocycles. The molecule has 3 N–H and O–H groups in total. The van der Waals surface area contributed by atoms with Crippen LogP contribution in [0.3, 0.4) is 0 Å². The molecule has 0 aliphatic rings. The lowest BCUT2D eigenvalue weighted by molar-refractivity contribution is -0.141. The van der Waals surface area contributed by atoms with E-state index in [0.29, 0.717) is 0 Å². The van der Waals surface area contributed by atoms with E-state index in [0.717, 1.165) is 11.7 Å². The monoisotopic (exact) mass is 384 g/mol. The Morgan fingerprint density at radius 1 is 1.26 bits per heavy atom. The standard InChI is InChI=1S/C16H24N4O7/c1-9-7-20(14(24)19-12(9)22)8-10(13(23)17-6-11(21)26-5)18-15(25)27-16(2,3)4/h7,10H,6,8H2,1-5H3,(H,17,23)(H,18,25)(H,19,22,24)/t10-/m0/s1. The van der Waals surface area contributed by atoms with Gasteiger partial charge in [-0.2, -0.15) is 0 Å². The first-order valence-corrected chi connectivity index (χ1v) is 8.07. The largest absolute Gasteiger partial charge is 0.468 e. The third kappa shape index (κ3) is 7.34. The van der Waals surface area contributed by atoms with E-state index in [-0.39, 0.29) is 12.1 Å². The second-order valence-electron chi connectivity index (χ2n) is 6.72. The predicted octanol–water partition coefficient (Wildman–Crippen LogP) is -0.972. The van der Waals surface area contributed by atoms with Crippen LogP contribution in [-0.4, -0.2) is 52.8 Å². The van der Waals surface area contributed by atoms with E-state index in [9.17, 15) is 24.0 Å². The van der Waals surface area contributed by atoms with Gasteiger partial charge >= 0.3 is 17.8 Å². The molecule has 2 amide bonds. The molecule has 0 aliphatic carbocycles. The Kier molecular flexibility index (Phi) is 7.32. The van der Waals surface area contributed by atoms with Gasteiger partial charge in [0, 0.05) is 11.8 Å². The second-order valence-corrected chi connectivity index (χ2v) is 6.72. The van der Waals surface area contributed by atoms with Crippen molar-refractivity contribution in [3.05, 3.63) is 32.6 Å². The van der Waals surface area contributed by atoms with E-state index in [2.05, 4.69) is 20.4 Å². The van der Waals surface area contributed by atoms with Crippen LogP contribution in [0.25, 0.3) is 0 Å². The van der Waals surface area contributed by atoms with Crippen molar-refractivity contribution in [3.8, 4) is 0 Å². The number of carbonyl (C=O) groups excluding carboxylic acids is 3. The lowest BCUT2D eigenvalue weighted by Crippen LogP contribution is -2.52. The molecular formula is C16H24N4O7. The molecule has 0 aromatic carbocycles. The quantitative estimate of drug-likeness (QED) is 0.534. The van der Waals surface area contributed by atoms with Crippen LogP contribution in [0.1, 0.15) is 26.3 Å². The van der Waals surface area contributed by atoms with Crippen LogP contribution >= 0.6 is 0 Å². The molecule has 1 rings (SSSR count). The molecule has 0 fully saturated rings. The highest BCUT2D eigenvalue weighted by Gasteiger charge is 2.25. The number of hydrogen-bond donors (Lipinski definition) is 3. The highest BCUT2D eigenvalue weighted by molar-refractivity contribution is 5.88. The van der Waals surface area contributed by atoms with Gasteiger partial charge in [0.15, 0.2) is 0 Å². The van der Waals surface area contributed by atoms with Crippen LogP contribution in [0.2, 0.25) is 0 Å². The minimum atomic E-state index is -1.24. The maximum atomic E-state index is 12.4. The number of aromatic amines is 1. The summed E-state index contributed by atoms with van der Waals surface area (Å²) in [5.74, 6) is -1.42. The van der Waals surface area contributed by atoms with E-state index in [4.69, 9.17) is 4.74 Å². The third-order valence-corrected chi connectivity index (χ3v) is 3.21. The summed E-state index contributed by atoms with van der Waals surface area (Å²) in [6.45, 7) is 5.73. The van der Waals surface area contributed by atoms with Crippen molar-refractivity contribution < 1.29 is 23.9 Å². The minimum absolute atomic E-state index is 0.251. The minimum Gasteiger partial charge on any atom is -0.468 e. The number of nitrogens with zero attached hydrogens (tertiary/aromatic N) is 1. The number of ether oxygens (including phenoxy) is 2. The van der Waals surface area contributed by atoms with E-state index < -0.39 is 47.4 Å². The van der Waals surface area contributed by atoms with Gasteiger partial charge in [0.1, 0.15) is 18.2 Å². The van der Waals surface area contributed by atoms with E-state index in [1.807, 2.05) is 0 Å². The van der Waals surface area contributed by atoms with Crippen molar-refractivity contribution in [2.75, 3.05) is 13.7 Å². The highest BCUT2D eigenvalue weighted by atomic mass is 16.6. The molecular weight excluding hydrogens is 360 g/mol. The smallest absolute Gasteiger partial charge is 0.408 e. The molecule has 0 radical (unpaired) electrons. The van der Waals surface area contributed by atoms with E-state index in [1.54, 1.807) is 20.8 Å². The highest BCUT2D eigenvalue weighted by Crippen LogP contribution is 2.07. The summed E-state index contributed by atoms with van der Waals surface area (Å²) in [5, 5.41) is 4.64. The molecule has 1 atom stereocenters. The average molecular weight is 384 g/mol. The van der Waals surface area contributed by atoms with Crippen molar-refractivity contribution in [3.63, 3.8) is 0 Å². The molecule has 27 heavy (non-hydrogen) atoms. The zero-order valence-corrected chi connectivity index (χ0v) is 15.9. The number of rotatable bonds is 6. The fourth-order valence-corrected chi connectivity index (χ4v) is 1.95. The number of aryl methyl sites for hydroxylation is 1. The first kappa shape index (κ1) is 21.9. The summed E-state index contributed by atoms with van der Waals surface area (Å²) >= 11 is 0. The van der Waals surface area contributed by atoms with Gasteiger partial charge in [-0.05, 0) is 27.7 Å².